The zero-order chi connectivity index (χ0) is 35.6. The number of nitrogens with one attached hydrogen (secondary N) is 1. The van der Waals surface area contributed by atoms with E-state index >= 15 is 0 Å². The smallest absolute Gasteiger partial charge is 0.264 e. The monoisotopic (exact) mass is 685 g/mol. The van der Waals surface area contributed by atoms with Crippen LogP contribution in [0.5, 0.6) is 11.5 Å². The summed E-state index contributed by atoms with van der Waals surface area (Å²) in [6.07, 6.45) is 1.94. The molecule has 2 amide bonds. The molecule has 0 bridgehead atoms. The van der Waals surface area contributed by atoms with Gasteiger partial charge in [-0.1, -0.05) is 79.6 Å². The second kappa shape index (κ2) is 17.0. The van der Waals surface area contributed by atoms with Crippen LogP contribution < -0.4 is 19.1 Å². The molecular formula is C39H47N3O6S. The number of nitrogens with zero attached hydrogens (tertiary/aromatic N) is 2. The van der Waals surface area contributed by atoms with E-state index in [4.69, 9.17) is 9.47 Å². The van der Waals surface area contributed by atoms with Gasteiger partial charge in [-0.3, -0.25) is 13.9 Å². The number of methoxy groups -OCH3 is 2. The van der Waals surface area contributed by atoms with Gasteiger partial charge in [-0.15, -0.1) is 0 Å². The van der Waals surface area contributed by atoms with Crippen molar-refractivity contribution in [2.75, 3.05) is 31.6 Å². The van der Waals surface area contributed by atoms with E-state index in [-0.39, 0.29) is 29.5 Å². The van der Waals surface area contributed by atoms with Crippen molar-refractivity contribution in [1.82, 2.24) is 10.2 Å². The maximum Gasteiger partial charge on any atom is 0.264 e. The van der Waals surface area contributed by atoms with Gasteiger partial charge in [0.15, 0.2) is 11.5 Å². The van der Waals surface area contributed by atoms with Crippen molar-refractivity contribution in [3.05, 3.63) is 119 Å². The average Bonchev–Trinajstić information content (AvgIpc) is 3.08. The molecule has 0 spiro atoms. The highest BCUT2D eigenvalue weighted by Crippen LogP contribution is 2.33. The summed E-state index contributed by atoms with van der Waals surface area (Å²) in [6, 6.07) is 26.1. The highest BCUT2D eigenvalue weighted by atomic mass is 32.2. The van der Waals surface area contributed by atoms with Crippen LogP contribution in [0.15, 0.2) is 95.9 Å². The second-order valence-corrected chi connectivity index (χ2v) is 14.1. The van der Waals surface area contributed by atoms with E-state index in [2.05, 4.69) is 5.32 Å². The lowest BCUT2D eigenvalue weighted by Crippen LogP contribution is -2.53. The fourth-order valence-corrected chi connectivity index (χ4v) is 7.21. The lowest BCUT2D eigenvalue weighted by atomic mass is 10.0. The van der Waals surface area contributed by atoms with Gasteiger partial charge in [0, 0.05) is 25.6 Å². The number of hydrogen-bond acceptors (Lipinski definition) is 6. The van der Waals surface area contributed by atoms with Gasteiger partial charge in [-0.05, 0) is 73.7 Å². The Bertz CT molecular complexity index is 1820. The molecule has 0 radical (unpaired) electrons. The number of anilines is 1. The Hall–Kier alpha value is -4.83. The molecule has 10 heteroatoms. The summed E-state index contributed by atoms with van der Waals surface area (Å²) < 4.78 is 40.9. The molecule has 0 unspecified atom stereocenters. The summed E-state index contributed by atoms with van der Waals surface area (Å²) in [5, 5.41) is 3.03. The van der Waals surface area contributed by atoms with E-state index in [0.29, 0.717) is 18.0 Å². The van der Waals surface area contributed by atoms with E-state index in [1.54, 1.807) is 12.1 Å². The first-order valence-electron chi connectivity index (χ1n) is 16.5. The van der Waals surface area contributed by atoms with Crippen LogP contribution in [0.2, 0.25) is 0 Å². The number of carbonyl (C=O) groups excluding carboxylic acids is 2. The minimum atomic E-state index is -4.33. The number of sulfonamides is 1. The molecular weight excluding hydrogens is 639 g/mol. The molecule has 0 aromatic heterocycles. The maximum absolute atomic E-state index is 14.7. The van der Waals surface area contributed by atoms with E-state index in [1.165, 1.54) is 37.3 Å². The van der Waals surface area contributed by atoms with Gasteiger partial charge in [-0.2, -0.15) is 0 Å². The highest BCUT2D eigenvalue weighted by molar-refractivity contribution is 7.92. The van der Waals surface area contributed by atoms with E-state index in [1.807, 2.05) is 88.4 Å². The predicted molar refractivity (Wildman–Crippen MR) is 194 cm³/mol. The highest BCUT2D eigenvalue weighted by Gasteiger charge is 2.35. The molecule has 0 saturated carbocycles. The number of carbonyl (C=O) groups is 2. The molecule has 0 fully saturated rings. The molecule has 49 heavy (non-hydrogen) atoms. The van der Waals surface area contributed by atoms with Gasteiger partial charge in [0.1, 0.15) is 12.6 Å². The molecule has 9 nitrogen and oxygen atoms in total. The van der Waals surface area contributed by atoms with Gasteiger partial charge in [0.05, 0.1) is 24.8 Å². The third-order valence-electron chi connectivity index (χ3n) is 8.25. The van der Waals surface area contributed by atoms with E-state index < -0.39 is 28.5 Å². The van der Waals surface area contributed by atoms with Crippen LogP contribution in [0.25, 0.3) is 0 Å². The molecule has 0 aliphatic heterocycles. The zero-order valence-corrected chi connectivity index (χ0v) is 30.0. The Labute approximate surface area is 290 Å². The lowest BCUT2D eigenvalue weighted by Gasteiger charge is -2.34. The third-order valence-corrected chi connectivity index (χ3v) is 10.0. The number of unbranched alkanes of at least 4 members (excludes halogenated alkanes) is 1. The Morgan fingerprint density at radius 2 is 1.45 bits per heavy atom. The second-order valence-electron chi connectivity index (χ2n) is 12.2. The van der Waals surface area contributed by atoms with Crippen LogP contribution in [-0.4, -0.2) is 58.5 Å². The number of amides is 2. The Kier molecular flexibility index (Phi) is 12.8. The van der Waals surface area contributed by atoms with Gasteiger partial charge in [-0.25, -0.2) is 8.42 Å². The van der Waals surface area contributed by atoms with Gasteiger partial charge in [0.25, 0.3) is 10.0 Å². The molecule has 4 aromatic carbocycles. The zero-order valence-electron chi connectivity index (χ0n) is 29.2. The van der Waals surface area contributed by atoms with Crippen molar-refractivity contribution in [3.8, 4) is 11.5 Å². The Morgan fingerprint density at radius 3 is 2.08 bits per heavy atom. The summed E-state index contributed by atoms with van der Waals surface area (Å²) in [5.41, 5.74) is 4.72. The van der Waals surface area contributed by atoms with E-state index in [9.17, 15) is 18.0 Å². The summed E-state index contributed by atoms with van der Waals surface area (Å²) in [7, 11) is -1.42. The van der Waals surface area contributed by atoms with Crippen LogP contribution in [0.1, 0.15) is 47.6 Å². The van der Waals surface area contributed by atoms with Crippen molar-refractivity contribution in [3.63, 3.8) is 0 Å². The number of aryl methyl sites for hydroxylation is 3. The SMILES string of the molecule is CCCCNC(=O)[C@H](Cc1ccccc1)N(Cc1cccc(C)c1)C(=O)CN(c1cc(C)cc(C)c1)S(=O)(=O)c1ccc(OC)c(OC)c1. The van der Waals surface area contributed by atoms with Crippen LogP contribution in [0, 0.1) is 20.8 Å². The maximum atomic E-state index is 14.7. The topological polar surface area (TPSA) is 105 Å². The molecule has 4 rings (SSSR count). The molecule has 0 aliphatic carbocycles. The first-order valence-corrected chi connectivity index (χ1v) is 17.9. The first kappa shape index (κ1) is 37.0. The minimum Gasteiger partial charge on any atom is -0.493 e. The predicted octanol–water partition coefficient (Wildman–Crippen LogP) is 6.38. The Balaban J connectivity index is 1.84. The third kappa shape index (κ3) is 9.63. The number of rotatable bonds is 16. The van der Waals surface area contributed by atoms with Gasteiger partial charge in [0.2, 0.25) is 11.8 Å². The fraction of sp³-hybridized carbons (Fsp3) is 0.333. The molecule has 260 valence electrons. The van der Waals surface area contributed by atoms with Crippen LogP contribution >= 0.6 is 0 Å². The van der Waals surface area contributed by atoms with Crippen molar-refractivity contribution < 1.29 is 27.5 Å². The molecule has 0 heterocycles. The summed E-state index contributed by atoms with van der Waals surface area (Å²) in [6.45, 7) is 7.79. The molecule has 1 N–H and O–H groups in total. The van der Waals surface area contributed by atoms with Crippen LogP contribution in [-0.2, 0) is 32.6 Å². The normalized spacial score (nSPS) is 11.8. The largest absolute Gasteiger partial charge is 0.493 e. The lowest BCUT2D eigenvalue weighted by molar-refractivity contribution is -0.140. The molecule has 0 saturated heterocycles. The summed E-state index contributed by atoms with van der Waals surface area (Å²) in [5.74, 6) is -0.198. The van der Waals surface area contributed by atoms with E-state index in [0.717, 1.165) is 45.0 Å². The first-order chi connectivity index (χ1) is 23.5. The van der Waals surface area contributed by atoms with Crippen LogP contribution in [0.4, 0.5) is 5.69 Å². The quantitative estimate of drug-likeness (QED) is 0.137. The Morgan fingerprint density at radius 1 is 0.776 bits per heavy atom. The van der Waals surface area contributed by atoms with Crippen LogP contribution in [0.3, 0.4) is 0 Å². The fourth-order valence-electron chi connectivity index (χ4n) is 5.79. The standard InChI is InChI=1S/C39H47N3O6S/c1-7-8-19-40-39(44)35(24-31-14-10-9-11-15-31)41(26-32-16-12-13-28(2)21-32)38(43)27-42(33-22-29(3)20-30(4)23-33)49(45,46)34-17-18-36(47-5)37(25-34)48-6/h9-18,20-23,25,35H,7-8,19,24,26-27H2,1-6H3,(H,40,44)/t35-/m0/s1. The van der Waals surface area contributed by atoms with Crippen molar-refractivity contribution >= 4 is 27.5 Å². The summed E-state index contributed by atoms with van der Waals surface area (Å²) in [4.78, 5) is 30.2. The van der Waals surface area contributed by atoms with Crippen molar-refractivity contribution in [2.45, 2.75) is 64.4 Å². The molecule has 1 atom stereocenters. The molecule has 0 aliphatic rings. The minimum absolute atomic E-state index is 0.0690. The number of hydrogen-bond donors (Lipinski definition) is 1. The number of benzene rings is 4. The van der Waals surface area contributed by atoms with Crippen molar-refractivity contribution in [2.24, 2.45) is 0 Å². The summed E-state index contributed by atoms with van der Waals surface area (Å²) >= 11 is 0. The van der Waals surface area contributed by atoms with Gasteiger partial charge < -0.3 is 19.7 Å². The average molecular weight is 686 g/mol. The number of ether oxygens (including phenoxy) is 2. The van der Waals surface area contributed by atoms with Gasteiger partial charge >= 0.3 is 0 Å². The van der Waals surface area contributed by atoms with Crippen molar-refractivity contribution in [1.29, 1.82) is 0 Å². The molecule has 4 aromatic rings.